The molecule has 3 rings (SSSR count). The summed E-state index contributed by atoms with van der Waals surface area (Å²) in [5.74, 6) is 1.05. The van der Waals surface area contributed by atoms with E-state index < -0.39 is 5.97 Å². The van der Waals surface area contributed by atoms with E-state index in [-0.39, 0.29) is 16.7 Å². The number of rotatable bonds is 9. The number of nitrogens with zero attached hydrogens (tertiary/aromatic N) is 3. The molecule has 0 unspecified atom stereocenters. The number of aromatic amines is 1. The van der Waals surface area contributed by atoms with Crippen LogP contribution < -0.4 is 14.2 Å². The fraction of sp³-hybridized carbons (Fsp3) is 0.143. The first-order chi connectivity index (χ1) is 15.0. The highest BCUT2D eigenvalue weighted by atomic mass is 32.2. The monoisotopic (exact) mass is 438 g/mol. The van der Waals surface area contributed by atoms with Crippen molar-refractivity contribution in [1.82, 2.24) is 15.2 Å². The van der Waals surface area contributed by atoms with Crippen LogP contribution in [0.2, 0.25) is 0 Å². The summed E-state index contributed by atoms with van der Waals surface area (Å²) in [7, 11) is 3.10. The van der Waals surface area contributed by atoms with Gasteiger partial charge in [-0.1, -0.05) is 12.1 Å². The Morgan fingerprint density at radius 3 is 2.42 bits per heavy atom. The van der Waals surface area contributed by atoms with Crippen molar-refractivity contribution < 1.29 is 24.1 Å². The summed E-state index contributed by atoms with van der Waals surface area (Å²) in [4.78, 5) is 16.1. The molecule has 3 aromatic rings. The number of hydrogen-bond donors (Lipinski definition) is 2. The molecule has 9 nitrogen and oxygen atoms in total. The van der Waals surface area contributed by atoms with Crippen LogP contribution in [0.1, 0.15) is 5.56 Å². The number of nitrogens with one attached hydrogen (secondary N) is 1. The van der Waals surface area contributed by atoms with E-state index in [9.17, 15) is 9.90 Å². The number of ether oxygens (including phenoxy) is 3. The maximum atomic E-state index is 11.7. The molecule has 10 heteroatoms. The molecule has 0 fully saturated rings. The second kappa shape index (κ2) is 10.2. The van der Waals surface area contributed by atoms with E-state index in [0.717, 1.165) is 11.8 Å². The molecule has 0 aliphatic rings. The fourth-order valence-corrected chi connectivity index (χ4v) is 3.23. The Bertz CT molecular complexity index is 1110. The predicted molar refractivity (Wildman–Crippen MR) is 114 cm³/mol. The number of carboxylic acids is 1. The first-order valence-corrected chi connectivity index (χ1v) is 9.72. The Kier molecular flexibility index (Phi) is 7.13. The summed E-state index contributed by atoms with van der Waals surface area (Å²) in [6.45, 7) is -0.0578. The van der Waals surface area contributed by atoms with E-state index >= 15 is 0 Å². The van der Waals surface area contributed by atoms with E-state index in [1.165, 1.54) is 6.08 Å². The van der Waals surface area contributed by atoms with E-state index in [1.54, 1.807) is 56.7 Å². The van der Waals surface area contributed by atoms with Gasteiger partial charge in [0.15, 0.2) is 12.4 Å². The van der Waals surface area contributed by atoms with Gasteiger partial charge in [-0.3, -0.25) is 5.10 Å². The molecule has 1 heterocycles. The van der Waals surface area contributed by atoms with Gasteiger partial charge in [-0.25, -0.2) is 9.78 Å². The molecule has 1 aromatic heterocycles. The summed E-state index contributed by atoms with van der Waals surface area (Å²) in [5, 5.41) is 25.3. The molecule has 0 atom stereocenters. The first-order valence-electron chi connectivity index (χ1n) is 8.91. The molecule has 0 bridgehead atoms. The van der Waals surface area contributed by atoms with E-state index in [2.05, 4.69) is 15.2 Å². The molecule has 2 aromatic carbocycles. The van der Waals surface area contributed by atoms with Crippen LogP contribution >= 0.6 is 11.8 Å². The zero-order valence-electron chi connectivity index (χ0n) is 16.7. The van der Waals surface area contributed by atoms with Gasteiger partial charge < -0.3 is 19.3 Å². The number of nitriles is 1. The zero-order chi connectivity index (χ0) is 22.2. The van der Waals surface area contributed by atoms with Gasteiger partial charge in [-0.15, -0.1) is 5.10 Å². The Morgan fingerprint density at radius 1 is 1.16 bits per heavy atom. The minimum absolute atomic E-state index is 0.0412. The molecule has 2 N–H and O–H groups in total. The average molecular weight is 438 g/mol. The molecule has 0 aliphatic carbocycles. The number of H-pyrrole nitrogens is 1. The number of carbonyl (C=O) groups is 1. The highest BCUT2D eigenvalue weighted by Gasteiger charge is 2.15. The van der Waals surface area contributed by atoms with Gasteiger partial charge in [0, 0.05) is 11.6 Å². The number of aromatic nitrogens is 3. The molecule has 0 aliphatic heterocycles. The SMILES string of the molecule is COc1cc(OC)cc(-c2nc(S/C(=C\c3ccc(OCC#N)cc3)C(=O)O)n[nH]2)c1. The molecule has 0 spiro atoms. The normalized spacial score (nSPS) is 10.9. The van der Waals surface area contributed by atoms with Crippen molar-refractivity contribution >= 4 is 23.8 Å². The quantitative estimate of drug-likeness (QED) is 0.380. The van der Waals surface area contributed by atoms with Gasteiger partial charge in [0.1, 0.15) is 28.2 Å². The number of benzene rings is 2. The minimum Gasteiger partial charge on any atom is -0.497 e. The van der Waals surface area contributed by atoms with Crippen molar-refractivity contribution in [2.24, 2.45) is 0 Å². The molecular formula is C21H18N4O5S. The van der Waals surface area contributed by atoms with Crippen LogP contribution in [0.3, 0.4) is 0 Å². The van der Waals surface area contributed by atoms with Crippen LogP contribution in [0.5, 0.6) is 17.2 Å². The van der Waals surface area contributed by atoms with Gasteiger partial charge in [0.05, 0.1) is 14.2 Å². The molecular weight excluding hydrogens is 420 g/mol. The lowest BCUT2D eigenvalue weighted by Crippen LogP contribution is -1.97. The Balaban J connectivity index is 1.80. The van der Waals surface area contributed by atoms with Crippen molar-refractivity contribution in [3.63, 3.8) is 0 Å². The highest BCUT2D eigenvalue weighted by molar-refractivity contribution is 8.04. The van der Waals surface area contributed by atoms with Gasteiger partial charge in [0.2, 0.25) is 5.16 Å². The number of aliphatic carboxylic acids is 1. The van der Waals surface area contributed by atoms with Gasteiger partial charge in [-0.2, -0.15) is 5.26 Å². The van der Waals surface area contributed by atoms with Crippen molar-refractivity contribution in [3.8, 4) is 34.7 Å². The summed E-state index contributed by atoms with van der Waals surface area (Å²) in [6.07, 6.45) is 1.51. The lowest BCUT2D eigenvalue weighted by atomic mass is 10.2. The maximum absolute atomic E-state index is 11.7. The van der Waals surface area contributed by atoms with Crippen molar-refractivity contribution in [2.75, 3.05) is 20.8 Å². The molecule has 0 saturated heterocycles. The summed E-state index contributed by atoms with van der Waals surface area (Å²) >= 11 is 0.916. The van der Waals surface area contributed by atoms with Crippen LogP contribution in [0.25, 0.3) is 17.5 Å². The van der Waals surface area contributed by atoms with E-state index in [4.69, 9.17) is 19.5 Å². The number of methoxy groups -OCH3 is 2. The van der Waals surface area contributed by atoms with Gasteiger partial charge >= 0.3 is 5.97 Å². The highest BCUT2D eigenvalue weighted by Crippen LogP contribution is 2.31. The molecule has 158 valence electrons. The predicted octanol–water partition coefficient (Wildman–Crippen LogP) is 3.61. The standard InChI is InChI=1S/C21H18N4O5S/c1-28-16-10-14(11-17(12-16)29-2)19-23-21(25-24-19)31-18(20(26)27)9-13-3-5-15(6-4-13)30-8-7-22/h3-6,9-12H,8H2,1-2H3,(H,26,27)(H,23,24,25)/b18-9-. The zero-order valence-corrected chi connectivity index (χ0v) is 17.5. The number of hydrogen-bond acceptors (Lipinski definition) is 8. The van der Waals surface area contributed by atoms with Crippen LogP contribution in [-0.4, -0.2) is 47.1 Å². The van der Waals surface area contributed by atoms with Crippen LogP contribution in [0.4, 0.5) is 0 Å². The third-order valence-electron chi connectivity index (χ3n) is 3.98. The van der Waals surface area contributed by atoms with Crippen molar-refractivity contribution in [3.05, 3.63) is 52.9 Å². The van der Waals surface area contributed by atoms with E-state index in [0.29, 0.717) is 34.2 Å². The van der Waals surface area contributed by atoms with Crippen LogP contribution in [0.15, 0.2) is 52.5 Å². The topological polar surface area (TPSA) is 130 Å². The van der Waals surface area contributed by atoms with E-state index in [1.807, 2.05) is 6.07 Å². The molecule has 31 heavy (non-hydrogen) atoms. The summed E-state index contributed by atoms with van der Waals surface area (Å²) in [6, 6.07) is 13.9. The summed E-state index contributed by atoms with van der Waals surface area (Å²) < 4.78 is 15.7. The molecule has 0 saturated carbocycles. The lowest BCUT2D eigenvalue weighted by molar-refractivity contribution is -0.131. The maximum Gasteiger partial charge on any atom is 0.342 e. The molecule has 0 radical (unpaired) electrons. The Morgan fingerprint density at radius 2 is 1.84 bits per heavy atom. The fourth-order valence-electron chi connectivity index (χ4n) is 2.53. The smallest absolute Gasteiger partial charge is 0.342 e. The third-order valence-corrected chi connectivity index (χ3v) is 4.86. The summed E-state index contributed by atoms with van der Waals surface area (Å²) in [5.41, 5.74) is 1.34. The number of carboxylic acid groups (broad SMARTS) is 1. The largest absolute Gasteiger partial charge is 0.497 e. The van der Waals surface area contributed by atoms with Crippen LogP contribution in [0, 0.1) is 11.3 Å². The van der Waals surface area contributed by atoms with Gasteiger partial charge in [0.25, 0.3) is 0 Å². The first kappa shape index (κ1) is 21.7. The van der Waals surface area contributed by atoms with Crippen LogP contribution in [-0.2, 0) is 4.79 Å². The third kappa shape index (κ3) is 5.77. The lowest BCUT2D eigenvalue weighted by Gasteiger charge is -2.06. The molecule has 0 amide bonds. The van der Waals surface area contributed by atoms with Gasteiger partial charge in [-0.05, 0) is 47.7 Å². The number of thioether (sulfide) groups is 1. The minimum atomic E-state index is -1.11. The second-order valence-electron chi connectivity index (χ2n) is 6.00. The second-order valence-corrected chi connectivity index (χ2v) is 7.01. The van der Waals surface area contributed by atoms with Crippen molar-refractivity contribution in [1.29, 1.82) is 5.26 Å². The average Bonchev–Trinajstić information content (AvgIpc) is 3.26. The Labute approximate surface area is 182 Å². The Hall–Kier alpha value is -3.97. The van der Waals surface area contributed by atoms with Crippen molar-refractivity contribution in [2.45, 2.75) is 5.16 Å².